The summed E-state index contributed by atoms with van der Waals surface area (Å²) in [6.07, 6.45) is 1.81. The molecule has 0 atom stereocenters. The van der Waals surface area contributed by atoms with Gasteiger partial charge in [0.1, 0.15) is 0 Å². The maximum atomic E-state index is 13.3. The van der Waals surface area contributed by atoms with Gasteiger partial charge in [0, 0.05) is 6.42 Å². The fourth-order valence-corrected chi connectivity index (χ4v) is 1.24. The number of nitrogens with zero attached hydrogens (tertiary/aromatic N) is 1. The van der Waals surface area contributed by atoms with Crippen LogP contribution >= 0.6 is 0 Å². The van der Waals surface area contributed by atoms with Crippen molar-refractivity contribution in [2.75, 3.05) is 6.61 Å². The van der Waals surface area contributed by atoms with Gasteiger partial charge < -0.3 is 9.84 Å². The van der Waals surface area contributed by atoms with Crippen molar-refractivity contribution in [3.63, 3.8) is 0 Å². The van der Waals surface area contributed by atoms with E-state index in [0.29, 0.717) is 25.9 Å². The molecule has 0 saturated heterocycles. The summed E-state index contributed by atoms with van der Waals surface area (Å²) in [6, 6.07) is 5.51. The van der Waals surface area contributed by atoms with E-state index >= 15 is 0 Å². The smallest absolute Gasteiger partial charge is 0.335 e. The van der Waals surface area contributed by atoms with Crippen LogP contribution in [0.1, 0.15) is 29.6 Å². The molecule has 0 aliphatic heterocycles. The molecule has 1 aromatic rings. The molecule has 1 aromatic carbocycles. The minimum atomic E-state index is -1.18. The first kappa shape index (κ1) is 13.0. The summed E-state index contributed by atoms with van der Waals surface area (Å²) >= 11 is 0. The molecule has 0 saturated carbocycles. The lowest BCUT2D eigenvalue weighted by Gasteiger charge is -2.06. The monoisotopic (exact) mass is 237 g/mol. The Labute approximate surface area is 98.2 Å². The molecule has 1 rings (SSSR count). The molecule has 5 heteroatoms. The van der Waals surface area contributed by atoms with E-state index in [0.717, 1.165) is 6.07 Å². The average molecular weight is 237 g/mol. The maximum Gasteiger partial charge on any atom is 0.335 e. The van der Waals surface area contributed by atoms with E-state index in [1.54, 1.807) is 0 Å². The summed E-state index contributed by atoms with van der Waals surface area (Å²) in [6.45, 7) is 0.311. The third kappa shape index (κ3) is 4.11. The summed E-state index contributed by atoms with van der Waals surface area (Å²) in [5, 5.41) is 16.9. The normalized spacial score (nSPS) is 9.65. The van der Waals surface area contributed by atoms with Gasteiger partial charge in [-0.25, -0.2) is 9.18 Å². The molecule has 0 aliphatic carbocycles. The van der Waals surface area contributed by atoms with Crippen LogP contribution in [0.2, 0.25) is 0 Å². The van der Waals surface area contributed by atoms with E-state index in [1.807, 2.05) is 6.07 Å². The van der Waals surface area contributed by atoms with E-state index in [-0.39, 0.29) is 11.3 Å². The molecule has 0 unspecified atom stereocenters. The van der Waals surface area contributed by atoms with Gasteiger partial charge in [0.05, 0.1) is 18.2 Å². The van der Waals surface area contributed by atoms with E-state index < -0.39 is 11.8 Å². The Balaban J connectivity index is 2.50. The Morgan fingerprint density at radius 2 is 2.24 bits per heavy atom. The van der Waals surface area contributed by atoms with E-state index in [2.05, 4.69) is 0 Å². The minimum Gasteiger partial charge on any atom is -0.491 e. The number of carboxylic acid groups (broad SMARTS) is 1. The van der Waals surface area contributed by atoms with Crippen molar-refractivity contribution in [1.82, 2.24) is 0 Å². The first-order valence-corrected chi connectivity index (χ1v) is 5.17. The molecule has 0 fully saturated rings. The molecule has 0 aromatic heterocycles. The van der Waals surface area contributed by atoms with Crippen LogP contribution < -0.4 is 4.74 Å². The molecule has 1 N–H and O–H groups in total. The average Bonchev–Trinajstić information content (AvgIpc) is 2.30. The third-order valence-electron chi connectivity index (χ3n) is 2.12. The SMILES string of the molecule is N#CCCCCOc1ccc(C(=O)O)cc1F. The number of hydrogen-bond donors (Lipinski definition) is 1. The summed E-state index contributed by atoms with van der Waals surface area (Å²) in [4.78, 5) is 10.6. The summed E-state index contributed by atoms with van der Waals surface area (Å²) in [5.41, 5.74) is -0.112. The Hall–Kier alpha value is -2.09. The second-order valence-corrected chi connectivity index (χ2v) is 3.41. The van der Waals surface area contributed by atoms with Crippen molar-refractivity contribution in [3.05, 3.63) is 29.6 Å². The first-order chi connectivity index (χ1) is 8.15. The lowest BCUT2D eigenvalue weighted by molar-refractivity contribution is 0.0696. The van der Waals surface area contributed by atoms with Crippen molar-refractivity contribution in [2.45, 2.75) is 19.3 Å². The number of hydrogen-bond acceptors (Lipinski definition) is 3. The van der Waals surface area contributed by atoms with Gasteiger partial charge in [-0.05, 0) is 31.0 Å². The number of unbranched alkanes of at least 4 members (excludes halogenated alkanes) is 2. The van der Waals surface area contributed by atoms with Gasteiger partial charge in [-0.2, -0.15) is 5.26 Å². The van der Waals surface area contributed by atoms with Crippen LogP contribution in [0, 0.1) is 17.1 Å². The zero-order valence-electron chi connectivity index (χ0n) is 9.15. The molecule has 0 spiro atoms. The highest BCUT2D eigenvalue weighted by Gasteiger charge is 2.08. The van der Waals surface area contributed by atoms with Gasteiger partial charge in [0.15, 0.2) is 11.6 Å². The zero-order valence-corrected chi connectivity index (χ0v) is 9.15. The topological polar surface area (TPSA) is 70.3 Å². The van der Waals surface area contributed by atoms with E-state index in [9.17, 15) is 9.18 Å². The number of rotatable bonds is 6. The molecule has 0 bridgehead atoms. The van der Waals surface area contributed by atoms with Crippen molar-refractivity contribution < 1.29 is 19.0 Å². The molecule has 0 aliphatic rings. The minimum absolute atomic E-state index is 0.0342. The van der Waals surface area contributed by atoms with Gasteiger partial charge in [-0.3, -0.25) is 0 Å². The first-order valence-electron chi connectivity index (χ1n) is 5.17. The van der Waals surface area contributed by atoms with Gasteiger partial charge in [-0.1, -0.05) is 0 Å². The lowest BCUT2D eigenvalue weighted by atomic mass is 10.2. The number of benzene rings is 1. The van der Waals surface area contributed by atoms with E-state index in [4.69, 9.17) is 15.1 Å². The molecule has 90 valence electrons. The maximum absolute atomic E-state index is 13.3. The van der Waals surface area contributed by atoms with Crippen LogP contribution in [0.4, 0.5) is 4.39 Å². The number of aromatic carboxylic acids is 1. The summed E-state index contributed by atoms with van der Waals surface area (Å²) in [7, 11) is 0. The van der Waals surface area contributed by atoms with Crippen LogP contribution in [-0.4, -0.2) is 17.7 Å². The second kappa shape index (κ2) is 6.48. The van der Waals surface area contributed by atoms with Crippen molar-refractivity contribution in [2.24, 2.45) is 0 Å². The quantitative estimate of drug-likeness (QED) is 0.772. The standard InChI is InChI=1S/C12H12FNO3/c13-10-8-9(12(15)16)4-5-11(10)17-7-3-1-2-6-14/h4-5,8H,1-3,7H2,(H,15,16). The largest absolute Gasteiger partial charge is 0.491 e. The molecular formula is C12H12FNO3. The Morgan fingerprint density at radius 3 is 2.82 bits per heavy atom. The van der Waals surface area contributed by atoms with Gasteiger partial charge in [0.25, 0.3) is 0 Å². The van der Waals surface area contributed by atoms with Gasteiger partial charge >= 0.3 is 5.97 Å². The van der Waals surface area contributed by atoms with Crippen LogP contribution in [0.3, 0.4) is 0 Å². The van der Waals surface area contributed by atoms with Crippen molar-refractivity contribution >= 4 is 5.97 Å². The molecule has 0 heterocycles. The second-order valence-electron chi connectivity index (χ2n) is 3.41. The zero-order chi connectivity index (χ0) is 12.7. The van der Waals surface area contributed by atoms with Crippen LogP contribution in [0.25, 0.3) is 0 Å². The van der Waals surface area contributed by atoms with Crippen LogP contribution in [-0.2, 0) is 0 Å². The molecular weight excluding hydrogens is 225 g/mol. The Kier molecular flexibility index (Phi) is 4.95. The van der Waals surface area contributed by atoms with Gasteiger partial charge in [-0.15, -0.1) is 0 Å². The number of carbonyl (C=O) groups is 1. The highest BCUT2D eigenvalue weighted by molar-refractivity contribution is 5.87. The van der Waals surface area contributed by atoms with E-state index in [1.165, 1.54) is 12.1 Å². The highest BCUT2D eigenvalue weighted by atomic mass is 19.1. The number of halogens is 1. The fourth-order valence-electron chi connectivity index (χ4n) is 1.24. The molecule has 4 nitrogen and oxygen atoms in total. The highest BCUT2D eigenvalue weighted by Crippen LogP contribution is 2.18. The third-order valence-corrected chi connectivity index (χ3v) is 2.12. The number of carboxylic acids is 1. The van der Waals surface area contributed by atoms with Crippen molar-refractivity contribution in [1.29, 1.82) is 5.26 Å². The summed E-state index contributed by atoms with van der Waals surface area (Å²) in [5.74, 6) is -1.83. The van der Waals surface area contributed by atoms with Crippen LogP contribution in [0.5, 0.6) is 5.75 Å². The Bertz CT molecular complexity index is 440. The molecule has 17 heavy (non-hydrogen) atoms. The predicted octanol–water partition coefficient (Wildman–Crippen LogP) is 2.60. The summed E-state index contributed by atoms with van der Waals surface area (Å²) < 4.78 is 18.5. The predicted molar refractivity (Wildman–Crippen MR) is 58.3 cm³/mol. The lowest BCUT2D eigenvalue weighted by Crippen LogP contribution is -2.02. The van der Waals surface area contributed by atoms with Crippen LogP contribution in [0.15, 0.2) is 18.2 Å². The molecule has 0 radical (unpaired) electrons. The fraction of sp³-hybridized carbons (Fsp3) is 0.333. The molecule has 0 amide bonds. The number of ether oxygens (including phenoxy) is 1. The van der Waals surface area contributed by atoms with Gasteiger partial charge in [0.2, 0.25) is 0 Å². The van der Waals surface area contributed by atoms with Crippen molar-refractivity contribution in [3.8, 4) is 11.8 Å². The Morgan fingerprint density at radius 1 is 1.47 bits per heavy atom. The number of nitriles is 1.